The Labute approximate surface area is 219 Å². The van der Waals surface area contributed by atoms with Gasteiger partial charge in [-0.1, -0.05) is 30.3 Å². The summed E-state index contributed by atoms with van der Waals surface area (Å²) < 4.78 is 7.70. The highest BCUT2D eigenvalue weighted by atomic mass is 16.5. The molecule has 37 heavy (non-hydrogen) atoms. The van der Waals surface area contributed by atoms with Crippen LogP contribution in [0.1, 0.15) is 31.2 Å². The Bertz CT molecular complexity index is 1180. The predicted octanol–water partition coefficient (Wildman–Crippen LogP) is 3.47. The highest BCUT2D eigenvalue weighted by molar-refractivity contribution is 5.74. The summed E-state index contributed by atoms with van der Waals surface area (Å²) in [5.41, 5.74) is 3.29. The van der Waals surface area contributed by atoms with Gasteiger partial charge in [-0.3, -0.25) is 4.90 Å². The van der Waals surface area contributed by atoms with E-state index in [-0.39, 0.29) is 12.1 Å². The van der Waals surface area contributed by atoms with Crippen molar-refractivity contribution in [2.75, 3.05) is 50.8 Å². The first-order valence-corrected chi connectivity index (χ1v) is 13.3. The van der Waals surface area contributed by atoms with E-state index in [1.165, 1.54) is 5.56 Å². The Balaban J connectivity index is 1.16. The van der Waals surface area contributed by atoms with Crippen LogP contribution in [0.15, 0.2) is 54.9 Å². The maximum Gasteiger partial charge on any atom is 0.317 e. The molecule has 0 aliphatic carbocycles. The van der Waals surface area contributed by atoms with E-state index in [4.69, 9.17) is 4.74 Å². The van der Waals surface area contributed by atoms with Gasteiger partial charge < -0.3 is 19.9 Å². The number of carbonyl (C=O) groups is 1. The van der Waals surface area contributed by atoms with Gasteiger partial charge in [-0.2, -0.15) is 5.10 Å². The number of rotatable bonds is 7. The zero-order chi connectivity index (χ0) is 25.6. The van der Waals surface area contributed by atoms with Crippen molar-refractivity contribution in [3.05, 3.63) is 66.2 Å². The monoisotopic (exact) mass is 503 g/mol. The molecule has 3 heterocycles. The van der Waals surface area contributed by atoms with Crippen molar-refractivity contribution in [2.24, 2.45) is 0 Å². The number of nitrogens with one attached hydrogen (secondary N) is 1. The third-order valence-corrected chi connectivity index (χ3v) is 7.09. The first-order valence-electron chi connectivity index (χ1n) is 13.3. The van der Waals surface area contributed by atoms with Gasteiger partial charge in [0.25, 0.3) is 0 Å². The molecule has 1 aromatic heterocycles. The molecule has 1 unspecified atom stereocenters. The molecule has 5 rings (SSSR count). The second kappa shape index (κ2) is 11.6. The van der Waals surface area contributed by atoms with Gasteiger partial charge in [0.1, 0.15) is 23.6 Å². The van der Waals surface area contributed by atoms with Crippen LogP contribution < -0.4 is 15.0 Å². The number of likely N-dealkylation sites (tertiary alicyclic amines) is 1. The fraction of sp³-hybridized carbons (Fsp3) is 0.464. The fourth-order valence-electron chi connectivity index (χ4n) is 5.20. The second-order valence-electron chi connectivity index (χ2n) is 9.80. The predicted molar refractivity (Wildman–Crippen MR) is 144 cm³/mol. The van der Waals surface area contributed by atoms with Crippen LogP contribution in [0.3, 0.4) is 0 Å². The fourth-order valence-corrected chi connectivity index (χ4v) is 5.20. The molecule has 196 valence electrons. The van der Waals surface area contributed by atoms with E-state index in [1.807, 2.05) is 30.9 Å². The molecule has 0 saturated carbocycles. The van der Waals surface area contributed by atoms with Gasteiger partial charge in [0.15, 0.2) is 0 Å². The molecule has 9 heteroatoms. The number of anilines is 1. The van der Waals surface area contributed by atoms with Crippen LogP contribution in [0, 0.1) is 6.92 Å². The Kier molecular flexibility index (Phi) is 7.89. The van der Waals surface area contributed by atoms with E-state index in [2.05, 4.69) is 61.6 Å². The van der Waals surface area contributed by atoms with Gasteiger partial charge in [-0.05, 0) is 44.4 Å². The van der Waals surface area contributed by atoms with Crippen LogP contribution in [-0.4, -0.2) is 82.5 Å². The number of carbonyl (C=O) groups excluding carboxylic acids is 1. The topological polar surface area (TPSA) is 78.8 Å². The number of hydrogen-bond acceptors (Lipinski definition) is 6. The largest absolute Gasteiger partial charge is 0.492 e. The molecular formula is C28H37N7O2. The average molecular weight is 504 g/mol. The van der Waals surface area contributed by atoms with Crippen LogP contribution in [0.2, 0.25) is 0 Å². The smallest absolute Gasteiger partial charge is 0.317 e. The molecule has 2 aliphatic rings. The van der Waals surface area contributed by atoms with E-state index in [9.17, 15) is 4.79 Å². The highest BCUT2D eigenvalue weighted by Gasteiger charge is 2.27. The van der Waals surface area contributed by atoms with Crippen LogP contribution in [0.25, 0.3) is 5.69 Å². The Morgan fingerprint density at radius 2 is 1.95 bits per heavy atom. The van der Waals surface area contributed by atoms with Gasteiger partial charge in [0, 0.05) is 63.6 Å². The van der Waals surface area contributed by atoms with Gasteiger partial charge >= 0.3 is 6.03 Å². The van der Waals surface area contributed by atoms with E-state index >= 15 is 0 Å². The van der Waals surface area contributed by atoms with E-state index < -0.39 is 0 Å². The molecule has 2 fully saturated rings. The second-order valence-corrected chi connectivity index (χ2v) is 9.80. The minimum atomic E-state index is 0.0558. The minimum absolute atomic E-state index is 0.0558. The average Bonchev–Trinajstić information content (AvgIpc) is 3.45. The summed E-state index contributed by atoms with van der Waals surface area (Å²) in [6.07, 6.45) is 3.63. The summed E-state index contributed by atoms with van der Waals surface area (Å²) in [5.74, 6) is 1.50. The maximum absolute atomic E-state index is 13.1. The molecule has 1 N–H and O–H groups in total. The maximum atomic E-state index is 13.1. The summed E-state index contributed by atoms with van der Waals surface area (Å²) in [5, 5.41) is 7.73. The first-order chi connectivity index (χ1) is 18.1. The summed E-state index contributed by atoms with van der Waals surface area (Å²) in [4.78, 5) is 24.1. The third kappa shape index (κ3) is 6.22. The molecule has 0 spiro atoms. The van der Waals surface area contributed by atoms with Crippen molar-refractivity contribution < 1.29 is 9.53 Å². The number of urea groups is 1. The molecule has 2 aromatic carbocycles. The van der Waals surface area contributed by atoms with Crippen LogP contribution in [0.4, 0.5) is 10.5 Å². The molecule has 2 amide bonds. The van der Waals surface area contributed by atoms with Crippen molar-refractivity contribution in [3.63, 3.8) is 0 Å². The number of nitrogens with zero attached hydrogens (tertiary/aromatic N) is 6. The minimum Gasteiger partial charge on any atom is -0.492 e. The number of hydrogen-bond donors (Lipinski definition) is 1. The highest BCUT2D eigenvalue weighted by Crippen LogP contribution is 2.29. The van der Waals surface area contributed by atoms with Crippen molar-refractivity contribution in [1.29, 1.82) is 0 Å². The summed E-state index contributed by atoms with van der Waals surface area (Å²) in [6, 6.07) is 17.0. The normalized spacial score (nSPS) is 18.6. The Morgan fingerprint density at radius 3 is 2.73 bits per heavy atom. The Hall–Kier alpha value is -3.59. The van der Waals surface area contributed by atoms with E-state index in [0.717, 1.165) is 75.1 Å². The number of ether oxygens (including phenoxy) is 1. The van der Waals surface area contributed by atoms with Crippen LogP contribution >= 0.6 is 0 Å². The number of aryl methyl sites for hydroxylation is 1. The lowest BCUT2D eigenvalue weighted by atomic mass is 10.2. The summed E-state index contributed by atoms with van der Waals surface area (Å²) >= 11 is 0. The van der Waals surface area contributed by atoms with Crippen LogP contribution in [-0.2, 0) is 6.54 Å². The summed E-state index contributed by atoms with van der Waals surface area (Å²) in [6.45, 7) is 10.4. The molecule has 0 bridgehead atoms. The molecular weight excluding hydrogens is 466 g/mol. The van der Waals surface area contributed by atoms with Gasteiger partial charge in [0.2, 0.25) is 0 Å². The van der Waals surface area contributed by atoms with E-state index in [1.54, 1.807) is 11.0 Å². The molecule has 0 radical (unpaired) electrons. The molecule has 2 saturated heterocycles. The molecule has 1 atom stereocenters. The zero-order valence-corrected chi connectivity index (χ0v) is 21.8. The van der Waals surface area contributed by atoms with Gasteiger partial charge in [0.05, 0.1) is 6.61 Å². The van der Waals surface area contributed by atoms with Crippen molar-refractivity contribution in [2.45, 2.75) is 39.3 Å². The molecule has 2 aliphatic heterocycles. The first kappa shape index (κ1) is 25.1. The number of aromatic nitrogens is 3. The van der Waals surface area contributed by atoms with Crippen molar-refractivity contribution >= 4 is 11.7 Å². The molecule has 3 aromatic rings. The van der Waals surface area contributed by atoms with Crippen molar-refractivity contribution in [3.8, 4) is 11.4 Å². The number of benzene rings is 2. The summed E-state index contributed by atoms with van der Waals surface area (Å²) in [7, 11) is 0. The lowest BCUT2D eigenvalue weighted by molar-refractivity contribution is 0.197. The number of amides is 2. The third-order valence-electron chi connectivity index (χ3n) is 7.09. The Morgan fingerprint density at radius 1 is 1.08 bits per heavy atom. The van der Waals surface area contributed by atoms with E-state index in [0.29, 0.717) is 13.2 Å². The van der Waals surface area contributed by atoms with Crippen LogP contribution in [0.5, 0.6) is 5.75 Å². The van der Waals surface area contributed by atoms with Gasteiger partial charge in [-0.15, -0.1) is 0 Å². The van der Waals surface area contributed by atoms with Gasteiger partial charge in [-0.25, -0.2) is 14.5 Å². The molecule has 9 nitrogen and oxygen atoms in total. The SMILES string of the molecule is CCOc1cc(N2CCCN(C(=O)NC3CCN(Cc4ccccc4)C3)CC2)ccc1-n1cnc(C)n1. The van der Waals surface area contributed by atoms with Crippen molar-refractivity contribution in [1.82, 2.24) is 29.9 Å². The quantitative estimate of drug-likeness (QED) is 0.532. The zero-order valence-electron chi connectivity index (χ0n) is 21.8. The standard InChI is InChI=1S/C28H37N7O2/c1-3-37-27-18-25(10-11-26(27)35-21-29-22(2)31-35)33-13-7-14-34(17-16-33)28(36)30-24-12-15-32(20-24)19-23-8-5-4-6-9-23/h4-6,8-11,18,21,24H,3,7,12-17,19-20H2,1-2H3,(H,30,36). The lowest BCUT2D eigenvalue weighted by Crippen LogP contribution is -2.47. The lowest BCUT2D eigenvalue weighted by Gasteiger charge is -2.26.